The topological polar surface area (TPSA) is 60.8 Å². The minimum absolute atomic E-state index is 0.133. The fourth-order valence-electron chi connectivity index (χ4n) is 0.950. The highest BCUT2D eigenvalue weighted by atomic mass is 16.3. The number of aliphatic hydroxyl groups is 2. The van der Waals surface area contributed by atoms with Gasteiger partial charge in [0.25, 0.3) is 0 Å². The summed E-state index contributed by atoms with van der Waals surface area (Å²) < 4.78 is 0. The molecule has 71 valence electrons. The molecular formula is C8H16NO3. The minimum Gasteiger partial charge on any atom is -0.396 e. The van der Waals surface area contributed by atoms with Crippen molar-refractivity contribution in [3.05, 3.63) is 0 Å². The average molecular weight is 174 g/mol. The SMILES string of the molecule is O=[C]CN(CCCO)CCCO. The Morgan fingerprint density at radius 3 is 1.92 bits per heavy atom. The highest BCUT2D eigenvalue weighted by molar-refractivity contribution is 5.52. The predicted molar refractivity (Wildman–Crippen MR) is 45.5 cm³/mol. The maximum absolute atomic E-state index is 10.0. The van der Waals surface area contributed by atoms with E-state index in [2.05, 4.69) is 0 Å². The third-order valence-corrected chi connectivity index (χ3v) is 1.55. The molecule has 0 spiro atoms. The van der Waals surface area contributed by atoms with Gasteiger partial charge in [-0.05, 0) is 12.8 Å². The molecule has 0 aliphatic heterocycles. The summed E-state index contributed by atoms with van der Waals surface area (Å²) in [5, 5.41) is 17.1. The van der Waals surface area contributed by atoms with Crippen LogP contribution in [0, 0.1) is 0 Å². The van der Waals surface area contributed by atoms with Crippen LogP contribution in [0.3, 0.4) is 0 Å². The summed E-state index contributed by atoms with van der Waals surface area (Å²) in [7, 11) is 0. The second-order valence-electron chi connectivity index (χ2n) is 2.57. The first-order valence-electron chi connectivity index (χ1n) is 4.14. The second kappa shape index (κ2) is 8.64. The van der Waals surface area contributed by atoms with E-state index < -0.39 is 0 Å². The lowest BCUT2D eigenvalue weighted by atomic mass is 10.3. The van der Waals surface area contributed by atoms with E-state index in [1.165, 1.54) is 0 Å². The van der Waals surface area contributed by atoms with Gasteiger partial charge in [0.1, 0.15) is 0 Å². The van der Waals surface area contributed by atoms with Crippen molar-refractivity contribution in [2.75, 3.05) is 32.8 Å². The Balaban J connectivity index is 3.46. The van der Waals surface area contributed by atoms with Crippen LogP contribution >= 0.6 is 0 Å². The smallest absolute Gasteiger partial charge is 0.213 e. The molecule has 4 heteroatoms. The Labute approximate surface area is 72.8 Å². The third kappa shape index (κ3) is 6.27. The summed E-state index contributed by atoms with van der Waals surface area (Å²) in [5.74, 6) is 0. The van der Waals surface area contributed by atoms with Gasteiger partial charge >= 0.3 is 0 Å². The zero-order valence-corrected chi connectivity index (χ0v) is 7.20. The number of aliphatic hydroxyl groups excluding tert-OH is 2. The first-order valence-corrected chi connectivity index (χ1v) is 4.14. The van der Waals surface area contributed by atoms with E-state index in [9.17, 15) is 4.79 Å². The van der Waals surface area contributed by atoms with Crippen LogP contribution in [-0.2, 0) is 4.79 Å². The van der Waals surface area contributed by atoms with Crippen molar-refractivity contribution in [1.82, 2.24) is 4.90 Å². The van der Waals surface area contributed by atoms with Crippen molar-refractivity contribution in [3.8, 4) is 0 Å². The largest absolute Gasteiger partial charge is 0.396 e. The summed E-state index contributed by atoms with van der Waals surface area (Å²) in [5.41, 5.74) is 0. The molecule has 0 aromatic heterocycles. The molecule has 0 saturated heterocycles. The van der Waals surface area contributed by atoms with E-state index in [-0.39, 0.29) is 19.8 Å². The summed E-state index contributed by atoms with van der Waals surface area (Å²) in [6, 6.07) is 0. The van der Waals surface area contributed by atoms with Gasteiger partial charge in [-0.3, -0.25) is 9.69 Å². The molecule has 0 aliphatic carbocycles. The van der Waals surface area contributed by atoms with Crippen LogP contribution in [0.15, 0.2) is 0 Å². The monoisotopic (exact) mass is 174 g/mol. The molecule has 4 nitrogen and oxygen atoms in total. The lowest BCUT2D eigenvalue weighted by Crippen LogP contribution is -2.29. The molecule has 0 unspecified atom stereocenters. The summed E-state index contributed by atoms with van der Waals surface area (Å²) in [4.78, 5) is 11.9. The summed E-state index contributed by atoms with van der Waals surface area (Å²) in [6.07, 6.45) is 3.12. The maximum atomic E-state index is 10.0. The Bertz CT molecular complexity index is 100. The average Bonchev–Trinajstić information content (AvgIpc) is 2.10. The van der Waals surface area contributed by atoms with Crippen molar-refractivity contribution in [2.45, 2.75) is 12.8 Å². The molecule has 0 aliphatic rings. The van der Waals surface area contributed by atoms with Gasteiger partial charge in [0.15, 0.2) is 0 Å². The molecule has 0 aromatic carbocycles. The standard InChI is InChI=1S/C8H16NO3/c10-6-1-3-9(5-8-12)4-2-7-11/h10-11H,1-7H2. The lowest BCUT2D eigenvalue weighted by molar-refractivity contribution is 0.215. The van der Waals surface area contributed by atoms with Crippen LogP contribution in [0.1, 0.15) is 12.8 Å². The predicted octanol–water partition coefficient (Wildman–Crippen LogP) is -0.837. The number of carbonyl (C=O) groups excluding carboxylic acids is 1. The molecule has 0 atom stereocenters. The molecule has 0 heterocycles. The van der Waals surface area contributed by atoms with E-state index in [1.54, 1.807) is 6.29 Å². The van der Waals surface area contributed by atoms with Gasteiger partial charge in [-0.15, -0.1) is 0 Å². The van der Waals surface area contributed by atoms with E-state index in [0.717, 1.165) is 0 Å². The maximum Gasteiger partial charge on any atom is 0.213 e. The lowest BCUT2D eigenvalue weighted by Gasteiger charge is -2.17. The van der Waals surface area contributed by atoms with Crippen molar-refractivity contribution in [2.24, 2.45) is 0 Å². The molecule has 0 bridgehead atoms. The van der Waals surface area contributed by atoms with E-state index in [1.807, 2.05) is 4.90 Å². The molecule has 0 fully saturated rings. The fraction of sp³-hybridized carbons (Fsp3) is 0.875. The third-order valence-electron chi connectivity index (χ3n) is 1.55. The van der Waals surface area contributed by atoms with Crippen LogP contribution < -0.4 is 0 Å². The Kier molecular flexibility index (Phi) is 8.32. The molecule has 1 radical (unpaired) electrons. The van der Waals surface area contributed by atoms with Crippen molar-refractivity contribution < 1.29 is 15.0 Å². The van der Waals surface area contributed by atoms with Gasteiger partial charge in [0, 0.05) is 26.3 Å². The van der Waals surface area contributed by atoms with Gasteiger partial charge in [0.2, 0.25) is 6.29 Å². The van der Waals surface area contributed by atoms with Crippen LogP contribution in [0.4, 0.5) is 0 Å². The normalized spacial score (nSPS) is 10.6. The number of nitrogens with zero attached hydrogens (tertiary/aromatic N) is 1. The fourth-order valence-corrected chi connectivity index (χ4v) is 0.950. The zero-order valence-electron chi connectivity index (χ0n) is 7.20. The van der Waals surface area contributed by atoms with Gasteiger partial charge in [-0.1, -0.05) is 0 Å². The zero-order chi connectivity index (χ0) is 9.23. The van der Waals surface area contributed by atoms with Gasteiger partial charge < -0.3 is 10.2 Å². The Hall–Kier alpha value is -0.450. The van der Waals surface area contributed by atoms with Gasteiger partial charge in [-0.2, -0.15) is 0 Å². The van der Waals surface area contributed by atoms with E-state index in [4.69, 9.17) is 10.2 Å². The van der Waals surface area contributed by atoms with E-state index >= 15 is 0 Å². The second-order valence-corrected chi connectivity index (χ2v) is 2.57. The first-order chi connectivity index (χ1) is 5.85. The Morgan fingerprint density at radius 1 is 1.08 bits per heavy atom. The van der Waals surface area contributed by atoms with Crippen LogP contribution in [0.25, 0.3) is 0 Å². The quantitative estimate of drug-likeness (QED) is 0.504. The van der Waals surface area contributed by atoms with Crippen molar-refractivity contribution >= 4 is 6.29 Å². The molecule has 2 N–H and O–H groups in total. The molecule has 0 saturated carbocycles. The van der Waals surface area contributed by atoms with E-state index in [0.29, 0.717) is 25.9 Å². The highest BCUT2D eigenvalue weighted by Gasteiger charge is 2.02. The van der Waals surface area contributed by atoms with Crippen molar-refractivity contribution in [1.29, 1.82) is 0 Å². The molecule has 0 aromatic rings. The minimum atomic E-state index is 0.133. The first kappa shape index (κ1) is 11.6. The summed E-state index contributed by atoms with van der Waals surface area (Å²) >= 11 is 0. The van der Waals surface area contributed by atoms with Crippen LogP contribution in [0.2, 0.25) is 0 Å². The van der Waals surface area contributed by atoms with Crippen LogP contribution in [-0.4, -0.2) is 54.2 Å². The van der Waals surface area contributed by atoms with Gasteiger partial charge in [0.05, 0.1) is 6.54 Å². The Morgan fingerprint density at radius 2 is 1.58 bits per heavy atom. The molecule has 0 rings (SSSR count). The van der Waals surface area contributed by atoms with Gasteiger partial charge in [-0.25, -0.2) is 0 Å². The number of rotatable bonds is 8. The van der Waals surface area contributed by atoms with Crippen LogP contribution in [0.5, 0.6) is 0 Å². The number of hydrogen-bond acceptors (Lipinski definition) is 4. The van der Waals surface area contributed by atoms with Crippen molar-refractivity contribution in [3.63, 3.8) is 0 Å². The highest BCUT2D eigenvalue weighted by Crippen LogP contribution is 1.91. The molecule has 12 heavy (non-hydrogen) atoms. The molecule has 0 amide bonds. The molecular weight excluding hydrogens is 158 g/mol. The summed E-state index contributed by atoms with van der Waals surface area (Å²) in [6.45, 7) is 1.90. The number of hydrogen-bond donors (Lipinski definition) is 2.